The van der Waals surface area contributed by atoms with Crippen molar-refractivity contribution in [1.82, 2.24) is 0 Å². The van der Waals surface area contributed by atoms with Crippen molar-refractivity contribution in [2.45, 2.75) is 25.7 Å². The molecular formula is C16H20NO5P. The summed E-state index contributed by atoms with van der Waals surface area (Å²) in [7, 11) is -4.57. The molecule has 0 bridgehead atoms. The third kappa shape index (κ3) is 5.06. The van der Waals surface area contributed by atoms with Gasteiger partial charge in [-0.05, 0) is 42.5 Å². The van der Waals surface area contributed by atoms with Crippen LogP contribution in [0.5, 0.6) is 5.75 Å². The van der Waals surface area contributed by atoms with E-state index in [-0.39, 0.29) is 29.1 Å². The van der Waals surface area contributed by atoms with E-state index in [4.69, 9.17) is 9.79 Å². The maximum atomic E-state index is 11.2. The number of hydrogen-bond acceptors (Lipinski definition) is 3. The molecule has 1 aliphatic rings. The molecule has 0 saturated heterocycles. The molecule has 2 unspecified atom stereocenters. The zero-order chi connectivity index (χ0) is 17.0. The van der Waals surface area contributed by atoms with Gasteiger partial charge in [-0.15, -0.1) is 0 Å². The van der Waals surface area contributed by atoms with Gasteiger partial charge in [-0.3, -0.25) is 0 Å². The van der Waals surface area contributed by atoms with Crippen LogP contribution in [-0.2, 0) is 4.57 Å². The van der Waals surface area contributed by atoms with E-state index in [1.165, 1.54) is 12.2 Å². The van der Waals surface area contributed by atoms with E-state index in [1.807, 2.05) is 13.0 Å². The Balaban J connectivity index is 2.27. The van der Waals surface area contributed by atoms with Crippen LogP contribution in [0.15, 0.2) is 53.0 Å². The second-order valence-corrected chi connectivity index (χ2v) is 6.74. The van der Waals surface area contributed by atoms with Gasteiger partial charge in [-0.2, -0.15) is 4.76 Å². The molecule has 2 rings (SSSR count). The van der Waals surface area contributed by atoms with Crippen LogP contribution in [0.4, 0.5) is 0 Å². The maximum Gasteiger partial charge on any atom is 0.448 e. The Labute approximate surface area is 134 Å². The normalized spacial score (nSPS) is 21.3. The van der Waals surface area contributed by atoms with Crippen LogP contribution < -0.4 is 0 Å². The lowest BCUT2D eigenvalue weighted by Crippen LogP contribution is -2.17. The minimum absolute atomic E-state index is 0.0844. The summed E-state index contributed by atoms with van der Waals surface area (Å²) in [5.74, 6) is -0.126. The third-order valence-corrected chi connectivity index (χ3v) is 4.29. The lowest BCUT2D eigenvalue weighted by molar-refractivity contribution is 0.375. The Bertz CT molecular complexity index is 704. The van der Waals surface area contributed by atoms with Crippen LogP contribution in [0, 0.1) is 5.92 Å². The molecule has 0 radical (unpaired) electrons. The molecule has 6 nitrogen and oxygen atoms in total. The first-order valence-electron chi connectivity index (χ1n) is 7.32. The van der Waals surface area contributed by atoms with E-state index in [1.54, 1.807) is 24.3 Å². The zero-order valence-electron chi connectivity index (χ0n) is 12.7. The molecule has 1 aromatic rings. The molecule has 2 atom stereocenters. The van der Waals surface area contributed by atoms with E-state index < -0.39 is 7.75 Å². The van der Waals surface area contributed by atoms with Gasteiger partial charge in [-0.1, -0.05) is 25.1 Å². The summed E-state index contributed by atoms with van der Waals surface area (Å²) in [6.45, 7) is 2.01. The molecule has 23 heavy (non-hydrogen) atoms. The number of aromatic hydroxyl groups is 1. The van der Waals surface area contributed by atoms with E-state index in [0.717, 1.165) is 12.0 Å². The average molecular weight is 337 g/mol. The Hall–Kier alpha value is -1.88. The molecule has 4 N–H and O–H groups in total. The molecular weight excluding hydrogens is 317 g/mol. The first-order valence-corrected chi connectivity index (χ1v) is 8.88. The molecule has 124 valence electrons. The summed E-state index contributed by atoms with van der Waals surface area (Å²) in [6.07, 6.45) is 5.83. The van der Waals surface area contributed by atoms with Crippen molar-refractivity contribution < 1.29 is 24.6 Å². The zero-order valence-corrected chi connectivity index (χ0v) is 13.6. The van der Waals surface area contributed by atoms with Gasteiger partial charge >= 0.3 is 7.75 Å². The summed E-state index contributed by atoms with van der Waals surface area (Å²) in [6, 6.07) is 6.96. The summed E-state index contributed by atoms with van der Waals surface area (Å²) in [5, 5.41) is 19.2. The SMILES string of the molecule is CCC(CC1C=CC(O)=C/C1=N\P(=O)(O)O)c1cccc(O)c1. The quantitative estimate of drug-likeness (QED) is 0.615. The smallest absolute Gasteiger partial charge is 0.448 e. The van der Waals surface area contributed by atoms with Gasteiger partial charge in [-0.25, -0.2) is 4.57 Å². The molecule has 0 spiro atoms. The van der Waals surface area contributed by atoms with Crippen molar-refractivity contribution in [2.24, 2.45) is 10.7 Å². The standard InChI is InChI=1S/C16H20NO5P/c1-2-11(12-4-3-5-14(18)9-12)8-13-6-7-15(19)10-16(13)17-23(20,21)22/h3-7,9-11,13,18-19H,2,8H2,1H3,(H2,20,21,22)/b17-16+. The van der Waals surface area contributed by atoms with Gasteiger partial charge in [0.25, 0.3) is 0 Å². The molecule has 0 saturated carbocycles. The van der Waals surface area contributed by atoms with Crippen LogP contribution >= 0.6 is 7.75 Å². The second kappa shape index (κ2) is 7.13. The van der Waals surface area contributed by atoms with Gasteiger partial charge in [0.1, 0.15) is 11.5 Å². The van der Waals surface area contributed by atoms with E-state index in [2.05, 4.69) is 4.76 Å². The fourth-order valence-electron chi connectivity index (χ4n) is 2.70. The third-order valence-electron chi connectivity index (χ3n) is 3.79. The molecule has 0 amide bonds. The van der Waals surface area contributed by atoms with Gasteiger partial charge in [0.05, 0.1) is 5.71 Å². The predicted octanol–water partition coefficient (Wildman–Crippen LogP) is 3.44. The van der Waals surface area contributed by atoms with Crippen LogP contribution in [0.25, 0.3) is 0 Å². The maximum absolute atomic E-state index is 11.2. The summed E-state index contributed by atoms with van der Waals surface area (Å²) < 4.78 is 14.6. The average Bonchev–Trinajstić information content (AvgIpc) is 2.45. The highest BCUT2D eigenvalue weighted by Gasteiger charge is 2.24. The van der Waals surface area contributed by atoms with Crippen molar-refractivity contribution in [3.63, 3.8) is 0 Å². The van der Waals surface area contributed by atoms with Crippen LogP contribution in [0.1, 0.15) is 31.2 Å². The molecule has 0 aromatic heterocycles. The Morgan fingerprint density at radius 2 is 2.04 bits per heavy atom. The van der Waals surface area contributed by atoms with E-state index in [0.29, 0.717) is 6.42 Å². The monoisotopic (exact) mass is 337 g/mol. The van der Waals surface area contributed by atoms with Crippen LogP contribution in [0.2, 0.25) is 0 Å². The fourth-order valence-corrected chi connectivity index (χ4v) is 3.20. The molecule has 1 aromatic carbocycles. The molecule has 0 heterocycles. The number of benzene rings is 1. The number of hydrogen-bond donors (Lipinski definition) is 4. The van der Waals surface area contributed by atoms with E-state index >= 15 is 0 Å². The van der Waals surface area contributed by atoms with Crippen molar-refractivity contribution in [3.05, 3.63) is 53.8 Å². The Morgan fingerprint density at radius 3 is 2.65 bits per heavy atom. The summed E-state index contributed by atoms with van der Waals surface area (Å²) >= 11 is 0. The number of aliphatic hydroxyl groups is 1. The van der Waals surface area contributed by atoms with Crippen LogP contribution in [0.3, 0.4) is 0 Å². The Morgan fingerprint density at radius 1 is 1.30 bits per heavy atom. The minimum Gasteiger partial charge on any atom is -0.508 e. The van der Waals surface area contributed by atoms with Crippen molar-refractivity contribution in [1.29, 1.82) is 0 Å². The molecule has 1 aliphatic carbocycles. The number of nitrogens with zero attached hydrogens (tertiary/aromatic N) is 1. The highest BCUT2D eigenvalue weighted by atomic mass is 31.2. The molecule has 0 aliphatic heterocycles. The van der Waals surface area contributed by atoms with Gasteiger partial charge < -0.3 is 20.0 Å². The highest BCUT2D eigenvalue weighted by Crippen LogP contribution is 2.39. The van der Waals surface area contributed by atoms with E-state index in [9.17, 15) is 14.8 Å². The first kappa shape index (κ1) is 17.5. The van der Waals surface area contributed by atoms with Gasteiger partial charge in [0.2, 0.25) is 0 Å². The predicted molar refractivity (Wildman–Crippen MR) is 88.6 cm³/mol. The minimum atomic E-state index is -4.57. The van der Waals surface area contributed by atoms with Crippen LogP contribution in [-0.4, -0.2) is 25.7 Å². The first-order chi connectivity index (χ1) is 10.8. The molecule has 0 fully saturated rings. The lowest BCUT2D eigenvalue weighted by atomic mass is 9.83. The van der Waals surface area contributed by atoms with Gasteiger partial charge in [0.15, 0.2) is 0 Å². The topological polar surface area (TPSA) is 110 Å². The Kier molecular flexibility index (Phi) is 5.42. The number of aliphatic hydroxyl groups excluding tert-OH is 1. The number of allylic oxidation sites excluding steroid dienone is 3. The largest absolute Gasteiger partial charge is 0.508 e. The molecule has 7 heteroatoms. The number of rotatable bonds is 5. The number of phenols is 1. The van der Waals surface area contributed by atoms with Crippen molar-refractivity contribution >= 4 is 13.5 Å². The highest BCUT2D eigenvalue weighted by molar-refractivity contribution is 7.50. The van der Waals surface area contributed by atoms with Crippen molar-refractivity contribution in [3.8, 4) is 5.75 Å². The summed E-state index contributed by atoms with van der Waals surface area (Å²) in [4.78, 5) is 18.1. The second-order valence-electron chi connectivity index (χ2n) is 5.51. The number of phenolic OH excluding ortho intramolecular Hbond substituents is 1. The van der Waals surface area contributed by atoms with Gasteiger partial charge in [0, 0.05) is 12.0 Å². The fraction of sp³-hybridized carbons (Fsp3) is 0.312. The van der Waals surface area contributed by atoms with Crippen molar-refractivity contribution in [2.75, 3.05) is 0 Å². The lowest BCUT2D eigenvalue weighted by Gasteiger charge is -2.23. The summed E-state index contributed by atoms with van der Waals surface area (Å²) in [5.41, 5.74) is 1.12.